The van der Waals surface area contributed by atoms with Gasteiger partial charge in [-0.05, 0) is 12.8 Å². The van der Waals surface area contributed by atoms with Crippen LogP contribution in [0.4, 0.5) is 17.3 Å². The minimum Gasteiger partial charge on any atom is -0.366 e. The molecule has 2 heterocycles. The van der Waals surface area contributed by atoms with Crippen LogP contribution in [0.2, 0.25) is 0 Å². The summed E-state index contributed by atoms with van der Waals surface area (Å²) in [6, 6.07) is 2.15. The van der Waals surface area contributed by atoms with Gasteiger partial charge in [0.15, 0.2) is 9.84 Å². The molecule has 1 saturated heterocycles. The second-order valence-corrected chi connectivity index (χ2v) is 6.82. The standard InChI is InChI=1S/C10H15N5O4S/c11-14-10-5-8(15(16)17)4-9(13-10)12-7-2-1-3-20(18,19)6-7/h4-5,7H,1-3,6,11H2,(H2,12,13,14). The minimum absolute atomic E-state index is 0.00274. The Labute approximate surface area is 115 Å². The van der Waals surface area contributed by atoms with E-state index in [9.17, 15) is 18.5 Å². The smallest absolute Gasteiger partial charge is 0.276 e. The van der Waals surface area contributed by atoms with Crippen LogP contribution in [0, 0.1) is 10.1 Å². The van der Waals surface area contributed by atoms with Crippen molar-refractivity contribution in [2.45, 2.75) is 18.9 Å². The summed E-state index contributed by atoms with van der Waals surface area (Å²) >= 11 is 0. The Morgan fingerprint density at radius 3 is 2.70 bits per heavy atom. The quantitative estimate of drug-likeness (QED) is 0.409. The molecule has 4 N–H and O–H groups in total. The maximum Gasteiger partial charge on any atom is 0.276 e. The van der Waals surface area contributed by atoms with Gasteiger partial charge >= 0.3 is 0 Å². The minimum atomic E-state index is -3.06. The van der Waals surface area contributed by atoms with Crippen molar-refractivity contribution < 1.29 is 13.3 Å². The molecule has 1 aromatic rings. The Morgan fingerprint density at radius 1 is 1.40 bits per heavy atom. The van der Waals surface area contributed by atoms with Crippen LogP contribution in [0.25, 0.3) is 0 Å². The van der Waals surface area contributed by atoms with Crippen LogP contribution in [-0.4, -0.2) is 35.9 Å². The molecule has 1 fully saturated rings. The number of hydrazine groups is 1. The van der Waals surface area contributed by atoms with Gasteiger partial charge in [0.2, 0.25) is 0 Å². The Morgan fingerprint density at radius 2 is 2.10 bits per heavy atom. The fourth-order valence-corrected chi connectivity index (χ4v) is 3.75. The maximum absolute atomic E-state index is 11.5. The molecule has 0 bridgehead atoms. The highest BCUT2D eigenvalue weighted by atomic mass is 32.2. The lowest BCUT2D eigenvalue weighted by Gasteiger charge is -2.23. The normalized spacial score (nSPS) is 21.1. The highest BCUT2D eigenvalue weighted by molar-refractivity contribution is 7.91. The summed E-state index contributed by atoms with van der Waals surface area (Å²) < 4.78 is 23.1. The van der Waals surface area contributed by atoms with E-state index >= 15 is 0 Å². The lowest BCUT2D eigenvalue weighted by molar-refractivity contribution is -0.384. The summed E-state index contributed by atoms with van der Waals surface area (Å²) in [4.78, 5) is 14.3. The number of anilines is 2. The lowest BCUT2D eigenvalue weighted by atomic mass is 10.2. The summed E-state index contributed by atoms with van der Waals surface area (Å²) in [7, 11) is -3.06. The Hall–Kier alpha value is -1.94. The number of hydrogen-bond acceptors (Lipinski definition) is 8. The van der Waals surface area contributed by atoms with Crippen molar-refractivity contribution in [1.29, 1.82) is 0 Å². The molecule has 2 rings (SSSR count). The molecule has 110 valence electrons. The van der Waals surface area contributed by atoms with Gasteiger partial charge in [0.25, 0.3) is 5.69 Å². The summed E-state index contributed by atoms with van der Waals surface area (Å²) in [5, 5.41) is 13.7. The van der Waals surface area contributed by atoms with E-state index in [-0.39, 0.29) is 34.9 Å². The van der Waals surface area contributed by atoms with Gasteiger partial charge in [0, 0.05) is 6.04 Å². The molecule has 20 heavy (non-hydrogen) atoms. The molecule has 0 aromatic carbocycles. The van der Waals surface area contributed by atoms with E-state index in [0.29, 0.717) is 12.8 Å². The fourth-order valence-electron chi connectivity index (χ4n) is 2.12. The van der Waals surface area contributed by atoms with Gasteiger partial charge in [-0.15, -0.1) is 0 Å². The molecule has 0 radical (unpaired) electrons. The van der Waals surface area contributed by atoms with Gasteiger partial charge in [0.05, 0.1) is 28.6 Å². The van der Waals surface area contributed by atoms with Crippen LogP contribution in [0.1, 0.15) is 12.8 Å². The van der Waals surface area contributed by atoms with E-state index in [0.717, 1.165) is 0 Å². The number of sulfone groups is 1. The number of hydrogen-bond donors (Lipinski definition) is 3. The Bertz CT molecular complexity index is 618. The number of aromatic nitrogens is 1. The number of nitrogens with one attached hydrogen (secondary N) is 2. The fraction of sp³-hybridized carbons (Fsp3) is 0.500. The average Bonchev–Trinajstić information content (AvgIpc) is 2.37. The van der Waals surface area contributed by atoms with Crippen LogP contribution in [0.3, 0.4) is 0 Å². The first-order valence-corrected chi connectivity index (χ1v) is 7.82. The predicted molar refractivity (Wildman–Crippen MR) is 74.0 cm³/mol. The topological polar surface area (TPSA) is 140 Å². The number of pyridine rings is 1. The van der Waals surface area contributed by atoms with Crippen molar-refractivity contribution in [3.8, 4) is 0 Å². The number of nitrogens with zero attached hydrogens (tertiary/aromatic N) is 2. The summed E-state index contributed by atoms with van der Waals surface area (Å²) in [5.41, 5.74) is 2.07. The van der Waals surface area contributed by atoms with E-state index in [2.05, 4.69) is 15.7 Å². The van der Waals surface area contributed by atoms with Gasteiger partial charge in [-0.2, -0.15) is 0 Å². The van der Waals surface area contributed by atoms with Crippen LogP contribution in [0.15, 0.2) is 12.1 Å². The SMILES string of the molecule is NNc1cc([N+](=O)[O-])cc(NC2CCCS(=O)(=O)C2)n1. The van der Waals surface area contributed by atoms with Gasteiger partial charge in [-0.1, -0.05) is 0 Å². The third-order valence-electron chi connectivity index (χ3n) is 2.98. The maximum atomic E-state index is 11.5. The molecule has 1 aromatic heterocycles. The zero-order chi connectivity index (χ0) is 14.8. The Balaban J connectivity index is 2.20. The molecule has 9 nitrogen and oxygen atoms in total. The summed E-state index contributed by atoms with van der Waals surface area (Å²) in [5.74, 6) is 5.76. The van der Waals surface area contributed by atoms with Crippen molar-refractivity contribution >= 4 is 27.2 Å². The molecular weight excluding hydrogens is 286 g/mol. The molecule has 1 aliphatic rings. The molecule has 0 spiro atoms. The van der Waals surface area contributed by atoms with Gasteiger partial charge in [0.1, 0.15) is 11.6 Å². The van der Waals surface area contributed by atoms with Crippen LogP contribution in [-0.2, 0) is 9.84 Å². The van der Waals surface area contributed by atoms with E-state index < -0.39 is 14.8 Å². The van der Waals surface area contributed by atoms with E-state index in [1.807, 2.05) is 0 Å². The molecular formula is C10H15N5O4S. The van der Waals surface area contributed by atoms with Crippen molar-refractivity contribution in [3.63, 3.8) is 0 Å². The van der Waals surface area contributed by atoms with Crippen LogP contribution in [0.5, 0.6) is 0 Å². The second kappa shape index (κ2) is 5.59. The zero-order valence-electron chi connectivity index (χ0n) is 10.6. The first-order valence-electron chi connectivity index (χ1n) is 6.00. The predicted octanol–water partition coefficient (Wildman–Crippen LogP) is 0.264. The molecule has 0 saturated carbocycles. The lowest BCUT2D eigenvalue weighted by Crippen LogP contribution is -2.35. The largest absolute Gasteiger partial charge is 0.366 e. The number of nitrogens with two attached hydrogens (primary N) is 1. The third kappa shape index (κ3) is 3.54. The summed E-state index contributed by atoms with van der Waals surface area (Å²) in [6.07, 6.45) is 1.24. The molecule has 1 unspecified atom stereocenters. The Kier molecular flexibility index (Phi) is 4.04. The van der Waals surface area contributed by atoms with Gasteiger partial charge < -0.3 is 10.7 Å². The van der Waals surface area contributed by atoms with Crippen LogP contribution >= 0.6 is 0 Å². The van der Waals surface area contributed by atoms with Crippen molar-refractivity contribution in [1.82, 2.24) is 4.98 Å². The zero-order valence-corrected chi connectivity index (χ0v) is 11.4. The van der Waals surface area contributed by atoms with E-state index in [1.54, 1.807) is 0 Å². The molecule has 1 aliphatic heterocycles. The first kappa shape index (κ1) is 14.5. The van der Waals surface area contributed by atoms with Crippen LogP contribution < -0.4 is 16.6 Å². The highest BCUT2D eigenvalue weighted by Crippen LogP contribution is 2.22. The average molecular weight is 301 g/mol. The number of nitrogen functional groups attached to an aromatic ring is 1. The van der Waals surface area contributed by atoms with Crippen molar-refractivity contribution in [2.75, 3.05) is 22.2 Å². The second-order valence-electron chi connectivity index (χ2n) is 4.60. The van der Waals surface area contributed by atoms with Crippen molar-refractivity contribution in [3.05, 3.63) is 22.2 Å². The van der Waals surface area contributed by atoms with Gasteiger partial charge in [-0.3, -0.25) is 10.1 Å². The number of rotatable bonds is 4. The van der Waals surface area contributed by atoms with Crippen molar-refractivity contribution in [2.24, 2.45) is 5.84 Å². The third-order valence-corrected chi connectivity index (χ3v) is 4.80. The van der Waals surface area contributed by atoms with E-state index in [4.69, 9.17) is 5.84 Å². The molecule has 0 aliphatic carbocycles. The molecule has 0 amide bonds. The monoisotopic (exact) mass is 301 g/mol. The number of nitro groups is 1. The highest BCUT2D eigenvalue weighted by Gasteiger charge is 2.25. The van der Waals surface area contributed by atoms with Gasteiger partial charge in [-0.25, -0.2) is 19.2 Å². The van der Waals surface area contributed by atoms with E-state index in [1.165, 1.54) is 12.1 Å². The molecule has 10 heteroatoms. The summed E-state index contributed by atoms with van der Waals surface area (Å²) in [6.45, 7) is 0. The molecule has 1 atom stereocenters. The first-order chi connectivity index (χ1) is 9.39.